The smallest absolute Gasteiger partial charge is 0.148 e. The van der Waals surface area contributed by atoms with Crippen LogP contribution in [0.3, 0.4) is 0 Å². The summed E-state index contributed by atoms with van der Waals surface area (Å²) >= 11 is 0. The molecule has 3 rings (SSSR count). The predicted octanol–water partition coefficient (Wildman–Crippen LogP) is 3.16. The molecule has 0 bridgehead atoms. The highest BCUT2D eigenvalue weighted by Gasteiger charge is 2.48. The number of hydrogen-bond donors (Lipinski definition) is 1. The molecule has 0 radical (unpaired) electrons. The number of methoxy groups -OCH3 is 1. The molecule has 1 saturated carbocycles. The molecular weight excluding hydrogens is 250 g/mol. The molecule has 1 aromatic heterocycles. The van der Waals surface area contributed by atoms with E-state index < -0.39 is 0 Å². The average molecular weight is 271 g/mol. The molecule has 1 aliphatic rings. The van der Waals surface area contributed by atoms with E-state index in [1.807, 2.05) is 31.2 Å². The molecule has 4 nitrogen and oxygen atoms in total. The van der Waals surface area contributed by atoms with Gasteiger partial charge in [0.1, 0.15) is 5.82 Å². The maximum Gasteiger partial charge on any atom is 0.148 e. The first kappa shape index (κ1) is 13.3. The highest BCUT2D eigenvalue weighted by molar-refractivity contribution is 5.76. The SMILES string of the molecule is COC1CC(Nc2nc3ccccc3nc2C)C1(C)C. The van der Waals surface area contributed by atoms with Gasteiger partial charge < -0.3 is 10.1 Å². The molecule has 1 aliphatic carbocycles. The summed E-state index contributed by atoms with van der Waals surface area (Å²) in [6.45, 7) is 6.46. The number of fused-ring (bicyclic) bond motifs is 1. The van der Waals surface area contributed by atoms with Gasteiger partial charge in [-0.25, -0.2) is 9.97 Å². The molecule has 0 aliphatic heterocycles. The van der Waals surface area contributed by atoms with Gasteiger partial charge in [-0.15, -0.1) is 0 Å². The Bertz CT molecular complexity index is 639. The van der Waals surface area contributed by atoms with Crippen molar-refractivity contribution in [2.45, 2.75) is 39.3 Å². The van der Waals surface area contributed by atoms with E-state index in [1.54, 1.807) is 7.11 Å². The number of anilines is 1. The summed E-state index contributed by atoms with van der Waals surface area (Å²) in [5.41, 5.74) is 2.94. The van der Waals surface area contributed by atoms with Crippen LogP contribution in [0.1, 0.15) is 26.0 Å². The van der Waals surface area contributed by atoms with Crippen molar-refractivity contribution in [3.05, 3.63) is 30.0 Å². The second-order valence-electron chi connectivity index (χ2n) is 6.12. The van der Waals surface area contributed by atoms with Crippen molar-refractivity contribution in [2.24, 2.45) is 5.41 Å². The van der Waals surface area contributed by atoms with Crippen LogP contribution in [0.5, 0.6) is 0 Å². The number of nitrogens with one attached hydrogen (secondary N) is 1. The molecule has 4 heteroatoms. The van der Waals surface area contributed by atoms with E-state index >= 15 is 0 Å². The van der Waals surface area contributed by atoms with Crippen LogP contribution in [0.25, 0.3) is 11.0 Å². The molecule has 1 N–H and O–H groups in total. The number of nitrogens with zero attached hydrogens (tertiary/aromatic N) is 2. The minimum Gasteiger partial charge on any atom is -0.381 e. The lowest BCUT2D eigenvalue weighted by molar-refractivity contribution is -0.0795. The normalized spacial score (nSPS) is 24.4. The summed E-state index contributed by atoms with van der Waals surface area (Å²) in [7, 11) is 1.78. The fourth-order valence-corrected chi connectivity index (χ4v) is 2.92. The van der Waals surface area contributed by atoms with Gasteiger partial charge in [-0.2, -0.15) is 0 Å². The van der Waals surface area contributed by atoms with Crippen molar-refractivity contribution >= 4 is 16.9 Å². The van der Waals surface area contributed by atoms with E-state index in [2.05, 4.69) is 24.1 Å². The van der Waals surface area contributed by atoms with E-state index in [4.69, 9.17) is 9.72 Å². The summed E-state index contributed by atoms with van der Waals surface area (Å²) in [5.74, 6) is 0.885. The third-order valence-electron chi connectivity index (χ3n) is 4.52. The van der Waals surface area contributed by atoms with E-state index in [0.717, 1.165) is 29.0 Å². The number of hydrogen-bond acceptors (Lipinski definition) is 4. The van der Waals surface area contributed by atoms with E-state index in [1.165, 1.54) is 0 Å². The Kier molecular flexibility index (Phi) is 3.13. The molecule has 0 spiro atoms. The Balaban J connectivity index is 1.87. The van der Waals surface area contributed by atoms with Crippen molar-refractivity contribution in [3.8, 4) is 0 Å². The van der Waals surface area contributed by atoms with Crippen molar-refractivity contribution in [1.29, 1.82) is 0 Å². The van der Waals surface area contributed by atoms with Crippen LogP contribution in [0.2, 0.25) is 0 Å². The largest absolute Gasteiger partial charge is 0.381 e. The van der Waals surface area contributed by atoms with Gasteiger partial charge in [0.2, 0.25) is 0 Å². The van der Waals surface area contributed by atoms with Crippen LogP contribution in [-0.2, 0) is 4.74 Å². The van der Waals surface area contributed by atoms with Crippen LogP contribution in [-0.4, -0.2) is 29.2 Å². The van der Waals surface area contributed by atoms with Gasteiger partial charge in [0.15, 0.2) is 0 Å². The highest BCUT2D eigenvalue weighted by Crippen LogP contribution is 2.44. The van der Waals surface area contributed by atoms with Gasteiger partial charge in [0, 0.05) is 18.6 Å². The maximum absolute atomic E-state index is 5.49. The van der Waals surface area contributed by atoms with Crippen molar-refractivity contribution in [3.63, 3.8) is 0 Å². The number of ether oxygens (including phenoxy) is 1. The first-order chi connectivity index (χ1) is 9.52. The summed E-state index contributed by atoms with van der Waals surface area (Å²) in [5, 5.41) is 3.54. The van der Waals surface area contributed by atoms with E-state index in [-0.39, 0.29) is 5.41 Å². The monoisotopic (exact) mass is 271 g/mol. The lowest BCUT2D eigenvalue weighted by Crippen LogP contribution is -2.57. The van der Waals surface area contributed by atoms with Crippen LogP contribution < -0.4 is 5.32 Å². The van der Waals surface area contributed by atoms with Crippen LogP contribution in [0, 0.1) is 12.3 Å². The number of aromatic nitrogens is 2. The molecule has 1 heterocycles. The lowest BCUT2D eigenvalue weighted by Gasteiger charge is -2.51. The van der Waals surface area contributed by atoms with Crippen LogP contribution in [0.15, 0.2) is 24.3 Å². The fraction of sp³-hybridized carbons (Fsp3) is 0.500. The summed E-state index contributed by atoms with van der Waals surface area (Å²) in [6, 6.07) is 8.35. The zero-order chi connectivity index (χ0) is 14.3. The minimum atomic E-state index is 0.120. The molecule has 106 valence electrons. The molecule has 20 heavy (non-hydrogen) atoms. The Morgan fingerprint density at radius 3 is 2.45 bits per heavy atom. The Morgan fingerprint density at radius 2 is 1.85 bits per heavy atom. The van der Waals surface area contributed by atoms with Gasteiger partial charge in [0.05, 0.1) is 22.8 Å². The number of para-hydroxylation sites is 2. The van der Waals surface area contributed by atoms with Gasteiger partial charge in [-0.3, -0.25) is 0 Å². The first-order valence-electron chi connectivity index (χ1n) is 7.05. The fourth-order valence-electron chi connectivity index (χ4n) is 2.92. The topological polar surface area (TPSA) is 47.0 Å². The Hall–Kier alpha value is -1.68. The second kappa shape index (κ2) is 4.70. The van der Waals surface area contributed by atoms with Gasteiger partial charge in [-0.1, -0.05) is 26.0 Å². The maximum atomic E-state index is 5.49. The summed E-state index contributed by atoms with van der Waals surface area (Å²) < 4.78 is 5.49. The summed E-state index contributed by atoms with van der Waals surface area (Å²) in [6.07, 6.45) is 1.32. The second-order valence-corrected chi connectivity index (χ2v) is 6.12. The molecular formula is C16H21N3O. The van der Waals surface area contributed by atoms with Crippen LogP contribution >= 0.6 is 0 Å². The first-order valence-corrected chi connectivity index (χ1v) is 7.05. The summed E-state index contributed by atoms with van der Waals surface area (Å²) in [4.78, 5) is 9.32. The molecule has 0 amide bonds. The third kappa shape index (κ3) is 2.04. The molecule has 1 fully saturated rings. The average Bonchev–Trinajstić information content (AvgIpc) is 2.43. The zero-order valence-corrected chi connectivity index (χ0v) is 12.5. The number of rotatable bonds is 3. The van der Waals surface area contributed by atoms with E-state index in [0.29, 0.717) is 12.1 Å². The molecule has 0 saturated heterocycles. The Labute approximate surface area is 119 Å². The molecule has 2 unspecified atom stereocenters. The Morgan fingerprint density at radius 1 is 1.20 bits per heavy atom. The quantitative estimate of drug-likeness (QED) is 0.931. The molecule has 2 atom stereocenters. The van der Waals surface area contributed by atoms with E-state index in [9.17, 15) is 0 Å². The van der Waals surface area contributed by atoms with Gasteiger partial charge in [0.25, 0.3) is 0 Å². The third-order valence-corrected chi connectivity index (χ3v) is 4.52. The van der Waals surface area contributed by atoms with Crippen molar-refractivity contribution in [2.75, 3.05) is 12.4 Å². The number of aryl methyl sites for hydroxylation is 1. The van der Waals surface area contributed by atoms with Crippen LogP contribution in [0.4, 0.5) is 5.82 Å². The van der Waals surface area contributed by atoms with Crippen molar-refractivity contribution in [1.82, 2.24) is 9.97 Å². The van der Waals surface area contributed by atoms with Gasteiger partial charge in [-0.05, 0) is 25.5 Å². The molecule has 1 aromatic carbocycles. The highest BCUT2D eigenvalue weighted by atomic mass is 16.5. The molecule has 2 aromatic rings. The van der Waals surface area contributed by atoms with Gasteiger partial charge >= 0.3 is 0 Å². The predicted molar refractivity (Wildman–Crippen MR) is 80.9 cm³/mol. The van der Waals surface area contributed by atoms with Crippen molar-refractivity contribution < 1.29 is 4.74 Å². The number of benzene rings is 1. The minimum absolute atomic E-state index is 0.120. The lowest BCUT2D eigenvalue weighted by atomic mass is 9.64. The zero-order valence-electron chi connectivity index (χ0n) is 12.5. The standard InChI is InChI=1S/C16H21N3O/c1-10-15(18-12-8-6-5-7-11(12)17-10)19-13-9-14(20-4)16(13,2)3/h5-8,13-14H,9H2,1-4H3,(H,18,19).